The fourth-order valence-corrected chi connectivity index (χ4v) is 3.16. The van der Waals surface area contributed by atoms with Crippen molar-refractivity contribution in [1.29, 1.82) is 0 Å². The van der Waals surface area contributed by atoms with E-state index in [1.807, 2.05) is 12.1 Å². The average Bonchev–Trinajstić information content (AvgIpc) is 2.89. The second-order valence-corrected chi connectivity index (χ2v) is 6.07. The number of halogens is 1. The molecule has 2 heterocycles. The first kappa shape index (κ1) is 13.9. The summed E-state index contributed by atoms with van der Waals surface area (Å²) >= 11 is 1.38. The van der Waals surface area contributed by atoms with Crippen LogP contribution in [0.2, 0.25) is 0 Å². The molecular formula is C16H15FN2OS. The number of pyridine rings is 1. The maximum atomic E-state index is 13.2. The third-order valence-corrected chi connectivity index (χ3v) is 4.34. The lowest BCUT2D eigenvalue weighted by atomic mass is 10.0. The van der Waals surface area contributed by atoms with E-state index in [1.54, 1.807) is 13.2 Å². The van der Waals surface area contributed by atoms with Crippen LogP contribution in [0.4, 0.5) is 4.39 Å². The van der Waals surface area contributed by atoms with E-state index in [9.17, 15) is 4.39 Å². The summed E-state index contributed by atoms with van der Waals surface area (Å²) in [6.45, 7) is 4.25. The molecule has 0 fully saturated rings. The van der Waals surface area contributed by atoms with Gasteiger partial charge < -0.3 is 4.74 Å². The number of methoxy groups -OCH3 is 1. The highest BCUT2D eigenvalue weighted by molar-refractivity contribution is 7.21. The van der Waals surface area contributed by atoms with Crippen LogP contribution in [-0.2, 0) is 0 Å². The van der Waals surface area contributed by atoms with E-state index in [4.69, 9.17) is 4.74 Å². The molecule has 0 spiro atoms. The van der Waals surface area contributed by atoms with Crippen LogP contribution in [-0.4, -0.2) is 17.1 Å². The highest BCUT2D eigenvalue weighted by Gasteiger charge is 2.12. The Labute approximate surface area is 126 Å². The van der Waals surface area contributed by atoms with Crippen LogP contribution in [0.1, 0.15) is 25.3 Å². The van der Waals surface area contributed by atoms with Crippen LogP contribution in [0.5, 0.6) is 5.75 Å². The summed E-state index contributed by atoms with van der Waals surface area (Å²) in [6.07, 6.45) is 0. The zero-order valence-corrected chi connectivity index (χ0v) is 12.9. The third-order valence-electron chi connectivity index (χ3n) is 3.32. The lowest BCUT2D eigenvalue weighted by Crippen LogP contribution is -1.94. The Morgan fingerprint density at radius 1 is 1.14 bits per heavy atom. The van der Waals surface area contributed by atoms with Gasteiger partial charge in [-0.15, -0.1) is 0 Å². The summed E-state index contributed by atoms with van der Waals surface area (Å²) in [7, 11) is 1.67. The molecule has 108 valence electrons. The molecule has 0 radical (unpaired) electrons. The summed E-state index contributed by atoms with van der Waals surface area (Å²) < 4.78 is 18.6. The number of rotatable bonds is 3. The average molecular weight is 302 g/mol. The molecule has 3 nitrogen and oxygen atoms in total. The summed E-state index contributed by atoms with van der Waals surface area (Å²) in [5.41, 5.74) is 2.83. The van der Waals surface area contributed by atoms with Crippen LogP contribution < -0.4 is 4.74 Å². The van der Waals surface area contributed by atoms with Gasteiger partial charge in [0.1, 0.15) is 21.1 Å². The Kier molecular flexibility index (Phi) is 3.59. The normalized spacial score (nSPS) is 11.3. The van der Waals surface area contributed by atoms with Gasteiger partial charge in [-0.3, -0.25) is 0 Å². The first-order valence-corrected chi connectivity index (χ1v) is 7.51. The standard InChI is InChI=1S/C16H15FN2OS/c1-9(2)11-5-4-10(8-13(11)20-3)15-18-12-6-7-14(17)19-16(12)21-15/h4-9H,1-3H3. The molecule has 0 aliphatic rings. The van der Waals surface area contributed by atoms with Crippen LogP contribution in [0.3, 0.4) is 0 Å². The number of hydrogen-bond donors (Lipinski definition) is 0. The van der Waals surface area contributed by atoms with Crippen LogP contribution in [0, 0.1) is 5.95 Å². The van der Waals surface area contributed by atoms with Gasteiger partial charge in [0.15, 0.2) is 0 Å². The Bertz CT molecular complexity index is 798. The number of nitrogens with zero attached hydrogens (tertiary/aromatic N) is 2. The second-order valence-electron chi connectivity index (χ2n) is 5.09. The zero-order chi connectivity index (χ0) is 15.0. The van der Waals surface area contributed by atoms with Crippen molar-refractivity contribution in [3.8, 4) is 16.3 Å². The smallest absolute Gasteiger partial charge is 0.214 e. The Balaban J connectivity index is 2.09. The van der Waals surface area contributed by atoms with Gasteiger partial charge in [-0.1, -0.05) is 37.3 Å². The van der Waals surface area contributed by atoms with E-state index >= 15 is 0 Å². The minimum atomic E-state index is -0.481. The first-order valence-electron chi connectivity index (χ1n) is 6.70. The molecule has 0 unspecified atom stereocenters. The van der Waals surface area contributed by atoms with Crippen molar-refractivity contribution >= 4 is 21.7 Å². The molecular weight excluding hydrogens is 287 g/mol. The largest absolute Gasteiger partial charge is 0.496 e. The van der Waals surface area contributed by atoms with Gasteiger partial charge in [-0.2, -0.15) is 4.39 Å². The fraction of sp³-hybridized carbons (Fsp3) is 0.250. The molecule has 21 heavy (non-hydrogen) atoms. The van der Waals surface area contributed by atoms with Gasteiger partial charge in [0.2, 0.25) is 5.95 Å². The summed E-state index contributed by atoms with van der Waals surface area (Å²) in [6, 6.07) is 9.03. The molecule has 0 N–H and O–H groups in total. The molecule has 0 aliphatic carbocycles. The number of fused-ring (bicyclic) bond motifs is 1. The van der Waals surface area contributed by atoms with Crippen molar-refractivity contribution in [2.75, 3.05) is 7.11 Å². The van der Waals surface area contributed by atoms with Crippen LogP contribution >= 0.6 is 11.3 Å². The number of thiazole rings is 1. The van der Waals surface area contributed by atoms with E-state index in [-0.39, 0.29) is 0 Å². The molecule has 3 aromatic rings. The minimum absolute atomic E-state index is 0.389. The monoisotopic (exact) mass is 302 g/mol. The van der Waals surface area contributed by atoms with Gasteiger partial charge in [0, 0.05) is 5.56 Å². The van der Waals surface area contributed by atoms with E-state index in [1.165, 1.54) is 17.4 Å². The summed E-state index contributed by atoms with van der Waals surface area (Å²) in [4.78, 5) is 8.98. The maximum absolute atomic E-state index is 13.2. The zero-order valence-electron chi connectivity index (χ0n) is 12.1. The molecule has 0 saturated heterocycles. The molecule has 0 saturated carbocycles. The van der Waals surface area contributed by atoms with Crippen molar-refractivity contribution in [3.63, 3.8) is 0 Å². The van der Waals surface area contributed by atoms with E-state index in [0.717, 1.165) is 21.9 Å². The maximum Gasteiger partial charge on any atom is 0.214 e. The Morgan fingerprint density at radius 2 is 1.95 bits per heavy atom. The fourth-order valence-electron chi connectivity index (χ4n) is 2.24. The molecule has 1 aromatic carbocycles. The predicted molar refractivity (Wildman–Crippen MR) is 83.5 cm³/mol. The highest BCUT2D eigenvalue weighted by Crippen LogP contribution is 2.34. The molecule has 3 rings (SSSR count). The Hall–Kier alpha value is -2.01. The van der Waals surface area contributed by atoms with E-state index in [2.05, 4.69) is 29.9 Å². The summed E-state index contributed by atoms with van der Waals surface area (Å²) in [5, 5.41) is 0.816. The third kappa shape index (κ3) is 2.61. The van der Waals surface area contributed by atoms with E-state index < -0.39 is 5.95 Å². The highest BCUT2D eigenvalue weighted by atomic mass is 32.1. The van der Waals surface area contributed by atoms with Crippen LogP contribution in [0.15, 0.2) is 30.3 Å². The molecule has 5 heteroatoms. The quantitative estimate of drug-likeness (QED) is 0.662. The van der Waals surface area contributed by atoms with Gasteiger partial charge in [0.05, 0.1) is 7.11 Å². The molecule has 0 bridgehead atoms. The lowest BCUT2D eigenvalue weighted by molar-refractivity contribution is 0.408. The van der Waals surface area contributed by atoms with Crippen LogP contribution in [0.25, 0.3) is 20.9 Å². The van der Waals surface area contributed by atoms with Crippen molar-refractivity contribution in [3.05, 3.63) is 41.8 Å². The second kappa shape index (κ2) is 5.41. The molecule has 2 aromatic heterocycles. The number of hydrogen-bond acceptors (Lipinski definition) is 4. The number of benzene rings is 1. The molecule has 0 atom stereocenters. The van der Waals surface area contributed by atoms with Gasteiger partial charge in [0.25, 0.3) is 0 Å². The van der Waals surface area contributed by atoms with Crippen molar-refractivity contribution < 1.29 is 9.13 Å². The van der Waals surface area contributed by atoms with Gasteiger partial charge >= 0.3 is 0 Å². The lowest BCUT2D eigenvalue weighted by Gasteiger charge is -2.12. The van der Waals surface area contributed by atoms with Crippen molar-refractivity contribution in [1.82, 2.24) is 9.97 Å². The van der Waals surface area contributed by atoms with E-state index in [0.29, 0.717) is 16.3 Å². The van der Waals surface area contributed by atoms with Gasteiger partial charge in [-0.05, 0) is 29.7 Å². The topological polar surface area (TPSA) is 35.0 Å². The number of aromatic nitrogens is 2. The SMILES string of the molecule is COc1cc(-c2nc3ccc(F)nc3s2)ccc1C(C)C. The predicted octanol–water partition coefficient (Wildman–Crippen LogP) is 4.63. The Morgan fingerprint density at radius 3 is 2.67 bits per heavy atom. The van der Waals surface area contributed by atoms with Crippen molar-refractivity contribution in [2.24, 2.45) is 0 Å². The molecule has 0 aliphatic heterocycles. The summed E-state index contributed by atoms with van der Waals surface area (Å²) in [5.74, 6) is 0.756. The van der Waals surface area contributed by atoms with Crippen molar-refractivity contribution in [2.45, 2.75) is 19.8 Å². The molecule has 0 amide bonds. The number of ether oxygens (including phenoxy) is 1. The van der Waals surface area contributed by atoms with Gasteiger partial charge in [-0.25, -0.2) is 9.97 Å². The first-order chi connectivity index (χ1) is 10.1. The minimum Gasteiger partial charge on any atom is -0.496 e.